The lowest BCUT2D eigenvalue weighted by molar-refractivity contribution is -0.139. The second-order valence-corrected chi connectivity index (χ2v) is 10.9. The third kappa shape index (κ3) is 7.71. The van der Waals surface area contributed by atoms with Gasteiger partial charge in [-0.3, -0.25) is 13.9 Å². The minimum atomic E-state index is -3.84. The molecule has 1 N–H and O–H groups in total. The molecule has 8 nitrogen and oxygen atoms in total. The number of rotatable bonds is 11. The highest BCUT2D eigenvalue weighted by Gasteiger charge is 2.31. The smallest absolute Gasteiger partial charge is 0.244 e. The van der Waals surface area contributed by atoms with Crippen molar-refractivity contribution in [2.45, 2.75) is 59.7 Å². The molecule has 192 valence electrons. The largest absolute Gasteiger partial charge is 0.495 e. The van der Waals surface area contributed by atoms with Gasteiger partial charge in [0, 0.05) is 12.6 Å². The number of ether oxygens (including phenoxy) is 1. The van der Waals surface area contributed by atoms with E-state index in [0.717, 1.165) is 33.7 Å². The van der Waals surface area contributed by atoms with Crippen molar-refractivity contribution in [3.63, 3.8) is 0 Å². The van der Waals surface area contributed by atoms with E-state index in [0.29, 0.717) is 5.75 Å². The first-order valence-electron chi connectivity index (χ1n) is 11.6. The predicted octanol–water partition coefficient (Wildman–Crippen LogP) is 3.41. The first-order valence-corrected chi connectivity index (χ1v) is 13.5. The Morgan fingerprint density at radius 3 is 2.17 bits per heavy atom. The fraction of sp³-hybridized carbons (Fsp3) is 0.462. The zero-order chi connectivity index (χ0) is 26.3. The van der Waals surface area contributed by atoms with E-state index >= 15 is 0 Å². The Hall–Kier alpha value is -3.07. The van der Waals surface area contributed by atoms with Gasteiger partial charge in [-0.25, -0.2) is 8.42 Å². The summed E-state index contributed by atoms with van der Waals surface area (Å²) in [6, 6.07) is 11.9. The van der Waals surface area contributed by atoms with Crippen LogP contribution in [0.5, 0.6) is 5.75 Å². The molecular formula is C26H37N3O5S. The van der Waals surface area contributed by atoms with Crippen molar-refractivity contribution in [3.8, 4) is 5.75 Å². The Bertz CT molecular complexity index is 1130. The summed E-state index contributed by atoms with van der Waals surface area (Å²) in [6.07, 6.45) is 1.80. The van der Waals surface area contributed by atoms with Crippen LogP contribution >= 0.6 is 0 Å². The molecule has 0 unspecified atom stereocenters. The number of hydrogen-bond donors (Lipinski definition) is 1. The fourth-order valence-electron chi connectivity index (χ4n) is 3.53. The molecule has 2 rings (SSSR count). The topological polar surface area (TPSA) is 96.0 Å². The van der Waals surface area contributed by atoms with E-state index in [1.54, 1.807) is 25.1 Å². The van der Waals surface area contributed by atoms with Crippen LogP contribution in [0.1, 0.15) is 43.9 Å². The van der Waals surface area contributed by atoms with E-state index in [1.165, 1.54) is 12.0 Å². The third-order valence-electron chi connectivity index (χ3n) is 5.92. The van der Waals surface area contributed by atoms with E-state index in [1.807, 2.05) is 52.0 Å². The molecule has 2 amide bonds. The Balaban J connectivity index is 2.45. The molecule has 35 heavy (non-hydrogen) atoms. The maximum atomic E-state index is 13.6. The summed E-state index contributed by atoms with van der Waals surface area (Å²) >= 11 is 0. The van der Waals surface area contributed by atoms with Crippen LogP contribution in [0.25, 0.3) is 0 Å². The minimum Gasteiger partial charge on any atom is -0.495 e. The van der Waals surface area contributed by atoms with Gasteiger partial charge in [-0.2, -0.15) is 0 Å². The lowest BCUT2D eigenvalue weighted by atomic mass is 10.1. The molecule has 0 aliphatic carbocycles. The fourth-order valence-corrected chi connectivity index (χ4v) is 4.37. The van der Waals surface area contributed by atoms with Gasteiger partial charge in [-0.15, -0.1) is 0 Å². The standard InChI is InChI=1S/C26H37N3O5S/c1-8-20(4)27-26(31)21(5)28(16-22-12-9-18(2)10-13-22)25(30)17-29(35(7,32)33)23-15-19(3)11-14-24(23)34-6/h9-15,20-21H,8,16-17H2,1-7H3,(H,27,31)/t20-,21-/m0/s1. The SMILES string of the molecule is CC[C@H](C)NC(=O)[C@H](C)N(Cc1ccc(C)cc1)C(=O)CN(c1cc(C)ccc1OC)S(C)(=O)=O. The molecule has 0 spiro atoms. The molecule has 0 bridgehead atoms. The van der Waals surface area contributed by atoms with Crippen LogP contribution < -0.4 is 14.4 Å². The number of aryl methyl sites for hydroxylation is 2. The molecule has 0 heterocycles. The lowest BCUT2D eigenvalue weighted by Gasteiger charge is -2.32. The average Bonchev–Trinajstić information content (AvgIpc) is 2.80. The Morgan fingerprint density at radius 2 is 1.63 bits per heavy atom. The van der Waals surface area contributed by atoms with Gasteiger partial charge < -0.3 is 15.0 Å². The van der Waals surface area contributed by atoms with Gasteiger partial charge in [-0.1, -0.05) is 42.8 Å². The van der Waals surface area contributed by atoms with Gasteiger partial charge in [0.2, 0.25) is 21.8 Å². The van der Waals surface area contributed by atoms with Crippen molar-refractivity contribution in [1.29, 1.82) is 0 Å². The number of carbonyl (C=O) groups excluding carboxylic acids is 2. The summed E-state index contributed by atoms with van der Waals surface area (Å²) in [5.41, 5.74) is 3.00. The molecule has 9 heteroatoms. The second-order valence-electron chi connectivity index (χ2n) is 8.95. The van der Waals surface area contributed by atoms with E-state index < -0.39 is 28.5 Å². The van der Waals surface area contributed by atoms with Gasteiger partial charge in [0.05, 0.1) is 19.1 Å². The van der Waals surface area contributed by atoms with E-state index in [4.69, 9.17) is 4.74 Å². The van der Waals surface area contributed by atoms with Gasteiger partial charge in [0.1, 0.15) is 18.3 Å². The van der Waals surface area contributed by atoms with Crippen LogP contribution in [0.4, 0.5) is 5.69 Å². The summed E-state index contributed by atoms with van der Waals surface area (Å²) in [6.45, 7) is 9.00. The molecule has 2 aromatic rings. The number of amides is 2. The first kappa shape index (κ1) is 28.2. The Labute approximate surface area is 209 Å². The highest BCUT2D eigenvalue weighted by Crippen LogP contribution is 2.31. The number of carbonyl (C=O) groups is 2. The lowest BCUT2D eigenvalue weighted by Crippen LogP contribution is -2.52. The molecule has 0 aliphatic heterocycles. The zero-order valence-electron chi connectivity index (χ0n) is 21.7. The Morgan fingerprint density at radius 1 is 1.03 bits per heavy atom. The number of nitrogens with one attached hydrogen (secondary N) is 1. The second kappa shape index (κ2) is 12.1. The van der Waals surface area contributed by atoms with Gasteiger partial charge in [0.15, 0.2) is 0 Å². The van der Waals surface area contributed by atoms with E-state index in [9.17, 15) is 18.0 Å². The summed E-state index contributed by atoms with van der Waals surface area (Å²) in [4.78, 5) is 28.0. The van der Waals surface area contributed by atoms with Gasteiger partial charge >= 0.3 is 0 Å². The number of benzene rings is 2. The highest BCUT2D eigenvalue weighted by molar-refractivity contribution is 7.92. The van der Waals surface area contributed by atoms with Crippen molar-refractivity contribution in [3.05, 3.63) is 59.2 Å². The average molecular weight is 504 g/mol. The molecule has 2 aromatic carbocycles. The summed E-state index contributed by atoms with van der Waals surface area (Å²) in [5.74, 6) is -0.452. The summed E-state index contributed by atoms with van der Waals surface area (Å²) < 4.78 is 31.9. The molecule has 0 saturated carbocycles. The van der Waals surface area contributed by atoms with Crippen LogP contribution in [-0.4, -0.2) is 57.1 Å². The molecule has 2 atom stereocenters. The monoisotopic (exact) mass is 503 g/mol. The zero-order valence-corrected chi connectivity index (χ0v) is 22.5. The van der Waals surface area contributed by atoms with Crippen molar-refractivity contribution in [2.24, 2.45) is 0 Å². The van der Waals surface area contributed by atoms with Crippen LogP contribution in [0, 0.1) is 13.8 Å². The van der Waals surface area contributed by atoms with Crippen molar-refractivity contribution >= 4 is 27.5 Å². The molecular weight excluding hydrogens is 466 g/mol. The van der Waals surface area contributed by atoms with Crippen molar-refractivity contribution in [1.82, 2.24) is 10.2 Å². The third-order valence-corrected chi connectivity index (χ3v) is 7.05. The number of nitrogens with zero attached hydrogens (tertiary/aromatic N) is 2. The summed E-state index contributed by atoms with van der Waals surface area (Å²) in [7, 11) is -2.39. The molecule has 0 aromatic heterocycles. The van der Waals surface area contributed by atoms with E-state index in [2.05, 4.69) is 5.32 Å². The minimum absolute atomic E-state index is 0.0506. The number of sulfonamides is 1. The molecule has 0 aliphatic rings. The van der Waals surface area contributed by atoms with Crippen LogP contribution in [-0.2, 0) is 26.2 Å². The Kier molecular flexibility index (Phi) is 9.71. The highest BCUT2D eigenvalue weighted by atomic mass is 32.2. The maximum Gasteiger partial charge on any atom is 0.244 e. The van der Waals surface area contributed by atoms with Gasteiger partial charge in [0.25, 0.3) is 0 Å². The van der Waals surface area contributed by atoms with Crippen LogP contribution in [0.2, 0.25) is 0 Å². The van der Waals surface area contributed by atoms with E-state index in [-0.39, 0.29) is 24.2 Å². The number of methoxy groups -OCH3 is 1. The molecule has 0 saturated heterocycles. The number of anilines is 1. The molecule has 0 fully saturated rings. The predicted molar refractivity (Wildman–Crippen MR) is 139 cm³/mol. The number of hydrogen-bond acceptors (Lipinski definition) is 5. The van der Waals surface area contributed by atoms with Crippen molar-refractivity contribution in [2.75, 3.05) is 24.2 Å². The normalized spacial score (nSPS) is 13.0. The van der Waals surface area contributed by atoms with Crippen molar-refractivity contribution < 1.29 is 22.7 Å². The van der Waals surface area contributed by atoms with Gasteiger partial charge in [-0.05, 0) is 57.4 Å². The van der Waals surface area contributed by atoms with Crippen LogP contribution in [0.3, 0.4) is 0 Å². The van der Waals surface area contributed by atoms with Crippen LogP contribution in [0.15, 0.2) is 42.5 Å². The summed E-state index contributed by atoms with van der Waals surface area (Å²) in [5, 5.41) is 2.92. The first-order chi connectivity index (χ1) is 16.4. The quantitative estimate of drug-likeness (QED) is 0.507. The maximum absolute atomic E-state index is 13.6. The molecule has 0 radical (unpaired) electrons.